The highest BCUT2D eigenvalue weighted by Gasteiger charge is 2.67. The molecule has 20 nitrogen and oxygen atoms in total. The molecule has 0 aromatic heterocycles. The Labute approximate surface area is 725 Å². The van der Waals surface area contributed by atoms with Gasteiger partial charge in [-0.1, -0.05) is 111 Å². The monoisotopic (exact) mass is 1680 g/mol. The highest BCUT2D eigenvalue weighted by atomic mass is 16.6. The van der Waals surface area contributed by atoms with Crippen molar-refractivity contribution in [3.63, 3.8) is 0 Å². The molecular formula is C102H149N5O15. The predicted octanol–water partition coefficient (Wildman–Crippen LogP) is 15.5. The summed E-state index contributed by atoms with van der Waals surface area (Å²) in [5.74, 6) is 30.2. The molecule has 32 atom stereocenters. The fourth-order valence-corrected chi connectivity index (χ4v) is 32.2. The maximum atomic E-state index is 11.9. The molecule has 20 heteroatoms. The summed E-state index contributed by atoms with van der Waals surface area (Å²) in [5, 5.41) is 86.4. The smallest absolute Gasteiger partial charge is 0.178 e. The van der Waals surface area contributed by atoms with E-state index < -0.39 is 0 Å². The van der Waals surface area contributed by atoms with E-state index >= 15 is 0 Å². The van der Waals surface area contributed by atoms with Crippen LogP contribution >= 0.6 is 0 Å². The number of carbonyl (C=O) groups is 2. The zero-order chi connectivity index (χ0) is 87.0. The molecule has 0 spiro atoms. The number of hydrogen-bond acceptors (Lipinski definition) is 20. The van der Waals surface area contributed by atoms with Crippen LogP contribution in [0.4, 0.5) is 0 Å². The Bertz CT molecular complexity index is 4260. The standard InChI is InChI=1S/C22H33NO3.4C20H29NO3/c1-21-8-9-22(2)18(6-7-20(22)25)19(21)10-14(12-23-13-26-3)16-11-15(24)4-5-17(16)21;4*1-19-7-8-20(2)16(5-6-18(20)23)17(19)9-12(11-24-21)14-10-13(22)3-4-15(14)19/h4-5,11,14,18-20,23-25H,6-10,12-13H2,1-3H3;2*3-4,10,12,16-18,22-23H,5-9,11,21H2,1-2H3;2*3-4,10,12,15-18,23H,5-9,11,21H2,1-2H3/t14-,18?,19?,20?,21+,22?;12-,16?,17?,18?,19+,20?;12-,16?,17?,18?,19-,20?;12-,15?,16?,17?,18?,19+,20?;12-,15?,16?,17?,18?,19-,20?/m00101/s1. The topological polar surface area (TPSA) is 358 Å². The number of nitrogens with two attached hydrogens (primary N) is 4. The molecular weight excluding hydrogens is 1540 g/mol. The molecule has 12 saturated carbocycles. The lowest BCUT2D eigenvalue weighted by molar-refractivity contribution is -0.113. The Hall–Kier alpha value is -5.24. The van der Waals surface area contributed by atoms with E-state index in [0.29, 0.717) is 127 Å². The summed E-state index contributed by atoms with van der Waals surface area (Å²) in [5.41, 5.74) is 11.2. The number of fused-ring (bicyclic) bond motifs is 25. The van der Waals surface area contributed by atoms with Crippen LogP contribution in [0.5, 0.6) is 17.2 Å². The summed E-state index contributed by atoms with van der Waals surface area (Å²) in [6.07, 6.45) is 36.9. The van der Waals surface area contributed by atoms with Gasteiger partial charge in [0.1, 0.15) is 17.2 Å². The Morgan fingerprint density at radius 3 is 0.934 bits per heavy atom. The van der Waals surface area contributed by atoms with Crippen LogP contribution < -0.4 is 28.9 Å². The first kappa shape index (κ1) is 90.1. The van der Waals surface area contributed by atoms with Crippen molar-refractivity contribution in [2.24, 2.45) is 144 Å². The molecule has 0 bridgehead atoms. The minimum atomic E-state index is -0.170. The zero-order valence-corrected chi connectivity index (χ0v) is 75.0. The fraction of sp³-hybridized carbons (Fsp3) is 0.725. The van der Waals surface area contributed by atoms with Crippen molar-refractivity contribution in [1.82, 2.24) is 5.32 Å². The lowest BCUT2D eigenvalue weighted by atomic mass is 9.45. The Kier molecular flexibility index (Phi) is 25.1. The predicted molar refractivity (Wildman–Crippen MR) is 471 cm³/mol. The van der Waals surface area contributed by atoms with E-state index in [-0.39, 0.29) is 120 Å². The first-order valence-corrected chi connectivity index (χ1v) is 47.2. The SMILES string of the molecule is CC12CC[C@]3(C)C4C=CC(=O)C=C4[C@@H](CON)CC3C1CCC2O.CC12CC[C@]3(C)C4C=CC(=O)C=C4[C@H](CON)CC3C1CCC2O.CC12CC[C@]3(C)c4ccc(O)cc4[C@@H](CON)CC3C1CCC2O.CC12CC[C@]3(C)c4ccc(O)cc4[C@H](CON)CC3C1CCC2O.COCNC[C@@H]1CC2C3CCC(O)C3(C)CC[C@]2(C)c2ccc(O)cc21. The third-order valence-electron chi connectivity index (χ3n) is 39.7. The van der Waals surface area contributed by atoms with Gasteiger partial charge in [-0.2, -0.15) is 0 Å². The van der Waals surface area contributed by atoms with Crippen LogP contribution in [0.1, 0.15) is 281 Å². The minimum absolute atomic E-state index is 0.0483. The van der Waals surface area contributed by atoms with Crippen LogP contribution in [-0.4, -0.2) is 130 Å². The number of rotatable bonds is 12. The number of aromatic hydroxyl groups is 3. The van der Waals surface area contributed by atoms with Crippen LogP contribution in [0.2, 0.25) is 0 Å². The number of aliphatic hydroxyl groups excluding tert-OH is 5. The highest BCUT2D eigenvalue weighted by molar-refractivity contribution is 6.01. The summed E-state index contributed by atoms with van der Waals surface area (Å²) in [6.45, 7) is 26.8. The number of hydrogen-bond donors (Lipinski definition) is 13. The van der Waals surface area contributed by atoms with Gasteiger partial charge in [-0.3, -0.25) is 14.9 Å². The van der Waals surface area contributed by atoms with Gasteiger partial charge in [0.15, 0.2) is 11.6 Å². The molecule has 122 heavy (non-hydrogen) atoms. The number of phenols is 3. The van der Waals surface area contributed by atoms with Crippen molar-refractivity contribution in [3.8, 4) is 17.2 Å². The van der Waals surface area contributed by atoms with Crippen molar-refractivity contribution in [2.75, 3.05) is 46.8 Å². The largest absolute Gasteiger partial charge is 0.508 e. The second-order valence-electron chi connectivity index (χ2n) is 44.8. The molecule has 0 amide bonds. The van der Waals surface area contributed by atoms with Crippen LogP contribution in [0.25, 0.3) is 0 Å². The molecule has 0 saturated heterocycles. The molecule has 672 valence electrons. The number of benzene rings is 3. The second-order valence-corrected chi connectivity index (χ2v) is 44.8. The van der Waals surface area contributed by atoms with E-state index in [1.54, 1.807) is 19.3 Å². The molecule has 0 radical (unpaired) electrons. The van der Waals surface area contributed by atoms with Gasteiger partial charge in [-0.05, 0) is 374 Å². The van der Waals surface area contributed by atoms with Crippen LogP contribution in [0, 0.1) is 121 Å². The molecule has 3 aromatic carbocycles. The number of phenolic OH excluding ortho intramolecular Hbond substituents is 3. The molecule has 22 unspecified atom stereocenters. The molecule has 17 aliphatic rings. The van der Waals surface area contributed by atoms with E-state index in [2.05, 4.69) is 105 Å². The summed E-state index contributed by atoms with van der Waals surface area (Å²) in [4.78, 5) is 43.9. The van der Waals surface area contributed by atoms with Crippen molar-refractivity contribution in [3.05, 3.63) is 136 Å². The average molecular weight is 1690 g/mol. The molecule has 12 fully saturated rings. The lowest BCUT2D eigenvalue weighted by Gasteiger charge is -2.60. The second kappa shape index (κ2) is 34.0. The first-order chi connectivity index (χ1) is 58.0. The molecule has 3 aromatic rings. The summed E-state index contributed by atoms with van der Waals surface area (Å²) < 4.78 is 5.18. The number of nitrogens with one attached hydrogen (secondary N) is 1. The molecule has 20 rings (SSSR count). The van der Waals surface area contributed by atoms with Gasteiger partial charge in [-0.25, -0.2) is 23.6 Å². The lowest BCUT2D eigenvalue weighted by Crippen LogP contribution is -2.54. The highest BCUT2D eigenvalue weighted by Crippen LogP contribution is 2.72. The maximum Gasteiger partial charge on any atom is 0.178 e. The van der Waals surface area contributed by atoms with E-state index in [1.807, 2.05) is 48.6 Å². The normalized spacial score (nSPS) is 45.8. The number of allylic oxidation sites excluding steroid dienone is 6. The van der Waals surface area contributed by atoms with E-state index in [1.165, 1.54) is 44.5 Å². The van der Waals surface area contributed by atoms with Crippen LogP contribution in [0.3, 0.4) is 0 Å². The van der Waals surface area contributed by atoms with Crippen molar-refractivity contribution in [1.29, 1.82) is 0 Å². The molecule has 0 aliphatic heterocycles. The third-order valence-corrected chi connectivity index (χ3v) is 39.7. The first-order valence-electron chi connectivity index (χ1n) is 47.2. The van der Waals surface area contributed by atoms with E-state index in [4.69, 9.17) is 47.7 Å². The zero-order valence-electron chi connectivity index (χ0n) is 75.0. The van der Waals surface area contributed by atoms with Crippen LogP contribution in [-0.2, 0) is 49.9 Å². The third kappa shape index (κ3) is 14.8. The minimum Gasteiger partial charge on any atom is -0.508 e. The van der Waals surface area contributed by atoms with Crippen molar-refractivity contribution in [2.45, 2.75) is 294 Å². The van der Waals surface area contributed by atoms with Gasteiger partial charge in [0, 0.05) is 49.2 Å². The number of methoxy groups -OCH3 is 1. The summed E-state index contributed by atoms with van der Waals surface area (Å²) in [6, 6.07) is 17.6. The van der Waals surface area contributed by atoms with E-state index in [9.17, 15) is 50.4 Å². The Morgan fingerprint density at radius 2 is 0.623 bits per heavy atom. The van der Waals surface area contributed by atoms with Crippen molar-refractivity contribution >= 4 is 11.6 Å². The number of carbonyl (C=O) groups excluding carboxylic acids is 2. The molecule has 0 heterocycles. The number of ether oxygens (including phenoxy) is 1. The van der Waals surface area contributed by atoms with Crippen LogP contribution in [0.15, 0.2) is 102 Å². The number of aliphatic hydroxyl groups is 5. The number of ketones is 2. The molecule has 17 N–H and O–H groups in total. The fourth-order valence-electron chi connectivity index (χ4n) is 32.2. The summed E-state index contributed by atoms with van der Waals surface area (Å²) in [7, 11) is 1.71. The Balaban J connectivity index is 0.000000113. The van der Waals surface area contributed by atoms with Gasteiger partial charge in [0.25, 0.3) is 0 Å². The van der Waals surface area contributed by atoms with Gasteiger partial charge in [0.2, 0.25) is 0 Å². The Morgan fingerprint density at radius 1 is 0.352 bits per heavy atom. The maximum absolute atomic E-state index is 11.9. The van der Waals surface area contributed by atoms with E-state index in [0.717, 1.165) is 167 Å². The quantitative estimate of drug-likeness (QED) is 0.0455. The van der Waals surface area contributed by atoms with Gasteiger partial charge < -0.3 is 64.9 Å². The van der Waals surface area contributed by atoms with Crippen molar-refractivity contribution < 1.29 is 74.5 Å². The van der Waals surface area contributed by atoms with Gasteiger partial charge >= 0.3 is 0 Å². The average Bonchev–Trinajstić information content (AvgIpc) is 1.35. The molecule has 17 aliphatic carbocycles. The van der Waals surface area contributed by atoms with Gasteiger partial charge in [0.05, 0.1) is 63.7 Å². The van der Waals surface area contributed by atoms with Gasteiger partial charge in [-0.15, -0.1) is 0 Å². The summed E-state index contributed by atoms with van der Waals surface area (Å²) >= 11 is 0.